The van der Waals surface area contributed by atoms with Gasteiger partial charge in [-0.3, -0.25) is 14.7 Å². The fraction of sp³-hybridized carbons (Fsp3) is 0.500. The number of fused-ring (bicyclic) bond motifs is 2. The van der Waals surface area contributed by atoms with Gasteiger partial charge in [-0.1, -0.05) is 37.1 Å². The summed E-state index contributed by atoms with van der Waals surface area (Å²) in [6.45, 7) is 0.773. The van der Waals surface area contributed by atoms with Gasteiger partial charge in [-0.05, 0) is 36.8 Å². The molecule has 1 aromatic heterocycles. The Morgan fingerprint density at radius 3 is 2.96 bits per heavy atom. The van der Waals surface area contributed by atoms with Crippen molar-refractivity contribution < 1.29 is 9.53 Å². The second-order valence-corrected chi connectivity index (χ2v) is 7.05. The monoisotopic (exact) mass is 324 g/mol. The molecule has 1 aromatic carbocycles. The van der Waals surface area contributed by atoms with Crippen LogP contribution in [-0.4, -0.2) is 35.0 Å². The van der Waals surface area contributed by atoms with Crippen LogP contribution < -0.4 is 0 Å². The molecule has 4 rings (SSSR count). The van der Waals surface area contributed by atoms with Gasteiger partial charge in [-0.25, -0.2) is 0 Å². The zero-order chi connectivity index (χ0) is 16.5. The van der Waals surface area contributed by atoms with E-state index < -0.39 is 0 Å². The molecule has 126 valence electrons. The molecular formula is C20H24N2O2. The molecule has 24 heavy (non-hydrogen) atoms. The minimum Gasteiger partial charge on any atom is -0.468 e. The van der Waals surface area contributed by atoms with Crippen molar-refractivity contribution in [1.29, 1.82) is 0 Å². The lowest BCUT2D eigenvalue weighted by Gasteiger charge is -2.33. The molecule has 4 heteroatoms. The number of likely N-dealkylation sites (tertiary alicyclic amines) is 1. The average Bonchev–Trinajstić information content (AvgIpc) is 3.00. The highest BCUT2D eigenvalue weighted by Crippen LogP contribution is 2.41. The molecule has 1 saturated carbocycles. The fourth-order valence-electron chi connectivity index (χ4n) is 4.64. The molecule has 2 aliphatic rings. The number of rotatable bonds is 3. The van der Waals surface area contributed by atoms with Gasteiger partial charge in [0.25, 0.3) is 0 Å². The normalized spacial score (nSPS) is 27.1. The Morgan fingerprint density at radius 1 is 1.25 bits per heavy atom. The first kappa shape index (κ1) is 15.6. The minimum absolute atomic E-state index is 0.0856. The molecule has 4 nitrogen and oxygen atoms in total. The molecule has 1 aliphatic heterocycles. The van der Waals surface area contributed by atoms with E-state index >= 15 is 0 Å². The summed E-state index contributed by atoms with van der Waals surface area (Å²) < 4.78 is 5.10. The quantitative estimate of drug-likeness (QED) is 0.810. The predicted molar refractivity (Wildman–Crippen MR) is 93.5 cm³/mol. The molecule has 0 unspecified atom stereocenters. The van der Waals surface area contributed by atoms with E-state index in [0.717, 1.165) is 23.9 Å². The van der Waals surface area contributed by atoms with E-state index in [2.05, 4.69) is 34.1 Å². The van der Waals surface area contributed by atoms with Gasteiger partial charge in [-0.15, -0.1) is 0 Å². The zero-order valence-corrected chi connectivity index (χ0v) is 14.1. The number of para-hydroxylation sites is 1. The summed E-state index contributed by atoms with van der Waals surface area (Å²) in [5.74, 6) is 0.545. The number of carbonyl (C=O) groups is 1. The van der Waals surface area contributed by atoms with Crippen molar-refractivity contribution in [2.45, 2.75) is 50.7 Å². The highest BCUT2D eigenvalue weighted by Gasteiger charge is 2.45. The maximum Gasteiger partial charge on any atom is 0.323 e. The van der Waals surface area contributed by atoms with Gasteiger partial charge in [0.05, 0.1) is 12.6 Å². The van der Waals surface area contributed by atoms with Crippen LogP contribution in [0.25, 0.3) is 10.9 Å². The van der Waals surface area contributed by atoms with Gasteiger partial charge in [0.15, 0.2) is 0 Å². The number of nitrogens with zero attached hydrogens (tertiary/aromatic N) is 2. The van der Waals surface area contributed by atoms with Crippen molar-refractivity contribution in [3.05, 3.63) is 42.1 Å². The van der Waals surface area contributed by atoms with Crippen LogP contribution >= 0.6 is 0 Å². The topological polar surface area (TPSA) is 42.4 Å². The van der Waals surface area contributed by atoms with Gasteiger partial charge in [0.2, 0.25) is 0 Å². The molecule has 0 radical (unpaired) electrons. The van der Waals surface area contributed by atoms with Crippen LogP contribution in [0.15, 0.2) is 36.5 Å². The SMILES string of the molecule is COC(=O)[C@@H]1C[C@H]2CCCC[C@H]2N1Cc1cccc2cccnc12. The highest BCUT2D eigenvalue weighted by molar-refractivity contribution is 5.81. The number of benzene rings is 1. The largest absolute Gasteiger partial charge is 0.468 e. The standard InChI is InChI=1S/C20H24N2O2/c1-24-20(23)18-12-15-6-2-3-10-17(15)22(18)13-16-8-4-7-14-9-5-11-21-19(14)16/h4-5,7-9,11,15,17-18H,2-3,6,10,12-13H2,1H3/t15-,17-,18+/m1/s1. The molecular weight excluding hydrogens is 300 g/mol. The molecule has 0 amide bonds. The maximum absolute atomic E-state index is 12.3. The van der Waals surface area contributed by atoms with Crippen LogP contribution in [-0.2, 0) is 16.1 Å². The molecule has 2 fully saturated rings. The summed E-state index contributed by atoms with van der Waals surface area (Å²) in [5, 5.41) is 1.16. The van der Waals surface area contributed by atoms with E-state index in [1.165, 1.54) is 38.4 Å². The Balaban J connectivity index is 1.68. The third-order valence-corrected chi connectivity index (χ3v) is 5.76. The summed E-state index contributed by atoms with van der Waals surface area (Å²) in [5.41, 5.74) is 2.25. The smallest absolute Gasteiger partial charge is 0.323 e. The first-order chi connectivity index (χ1) is 11.8. The third kappa shape index (κ3) is 2.69. The van der Waals surface area contributed by atoms with Gasteiger partial charge in [-0.2, -0.15) is 0 Å². The van der Waals surface area contributed by atoms with Gasteiger partial charge < -0.3 is 4.74 Å². The van der Waals surface area contributed by atoms with Crippen LogP contribution in [0.2, 0.25) is 0 Å². The number of aromatic nitrogens is 1. The van der Waals surface area contributed by atoms with Crippen molar-refractivity contribution in [2.24, 2.45) is 5.92 Å². The lowest BCUT2D eigenvalue weighted by Crippen LogP contribution is -2.42. The van der Waals surface area contributed by atoms with Crippen molar-refractivity contribution >= 4 is 16.9 Å². The van der Waals surface area contributed by atoms with E-state index in [-0.39, 0.29) is 12.0 Å². The summed E-state index contributed by atoms with van der Waals surface area (Å²) in [6, 6.07) is 10.8. The minimum atomic E-state index is -0.109. The summed E-state index contributed by atoms with van der Waals surface area (Å²) in [6.07, 6.45) is 7.77. The molecule has 1 aliphatic carbocycles. The van der Waals surface area contributed by atoms with Crippen LogP contribution in [0.5, 0.6) is 0 Å². The van der Waals surface area contributed by atoms with Crippen molar-refractivity contribution in [1.82, 2.24) is 9.88 Å². The van der Waals surface area contributed by atoms with Gasteiger partial charge in [0.1, 0.15) is 6.04 Å². The van der Waals surface area contributed by atoms with Gasteiger partial charge in [0, 0.05) is 24.2 Å². The van der Waals surface area contributed by atoms with Crippen molar-refractivity contribution in [2.75, 3.05) is 7.11 Å². The van der Waals surface area contributed by atoms with E-state index in [1.807, 2.05) is 12.3 Å². The first-order valence-corrected chi connectivity index (χ1v) is 8.94. The number of carbonyl (C=O) groups excluding carboxylic acids is 1. The zero-order valence-electron chi connectivity index (χ0n) is 14.1. The molecule has 3 atom stereocenters. The summed E-state index contributed by atoms with van der Waals surface area (Å²) in [4.78, 5) is 19.3. The second kappa shape index (κ2) is 6.52. The number of hydrogen-bond acceptors (Lipinski definition) is 4. The Hall–Kier alpha value is -1.94. The summed E-state index contributed by atoms with van der Waals surface area (Å²) in [7, 11) is 1.50. The number of hydrogen-bond donors (Lipinski definition) is 0. The molecule has 0 N–H and O–H groups in total. The first-order valence-electron chi connectivity index (χ1n) is 8.94. The van der Waals surface area contributed by atoms with Crippen LogP contribution in [0.4, 0.5) is 0 Å². The van der Waals surface area contributed by atoms with Crippen LogP contribution in [0, 0.1) is 5.92 Å². The average molecular weight is 324 g/mol. The summed E-state index contributed by atoms with van der Waals surface area (Å²) >= 11 is 0. The molecule has 0 bridgehead atoms. The molecule has 1 saturated heterocycles. The number of ether oxygens (including phenoxy) is 1. The molecule has 0 spiro atoms. The predicted octanol–water partition coefficient (Wildman–Crippen LogP) is 3.54. The highest BCUT2D eigenvalue weighted by atomic mass is 16.5. The number of methoxy groups -OCH3 is 1. The van der Waals surface area contributed by atoms with Crippen LogP contribution in [0.1, 0.15) is 37.7 Å². The van der Waals surface area contributed by atoms with E-state index in [0.29, 0.717) is 12.0 Å². The number of pyridine rings is 1. The van der Waals surface area contributed by atoms with Crippen LogP contribution in [0.3, 0.4) is 0 Å². The third-order valence-electron chi connectivity index (χ3n) is 5.76. The Bertz CT molecular complexity index is 740. The molecule has 2 heterocycles. The number of esters is 1. The van der Waals surface area contributed by atoms with E-state index in [4.69, 9.17) is 4.74 Å². The van der Waals surface area contributed by atoms with Gasteiger partial charge >= 0.3 is 5.97 Å². The van der Waals surface area contributed by atoms with Crippen molar-refractivity contribution in [3.8, 4) is 0 Å². The lowest BCUT2D eigenvalue weighted by molar-refractivity contribution is -0.146. The van der Waals surface area contributed by atoms with E-state index in [1.54, 1.807) is 0 Å². The second-order valence-electron chi connectivity index (χ2n) is 7.05. The Kier molecular flexibility index (Phi) is 4.23. The molecule has 2 aromatic rings. The Labute approximate surface area is 142 Å². The fourth-order valence-corrected chi connectivity index (χ4v) is 4.64. The van der Waals surface area contributed by atoms with Crippen molar-refractivity contribution in [3.63, 3.8) is 0 Å². The maximum atomic E-state index is 12.3. The van der Waals surface area contributed by atoms with E-state index in [9.17, 15) is 4.79 Å². The Morgan fingerprint density at radius 2 is 2.08 bits per heavy atom. The lowest BCUT2D eigenvalue weighted by atomic mass is 9.84.